The molecule has 0 fully saturated rings. The van der Waals surface area contributed by atoms with E-state index < -0.39 is 0 Å². The van der Waals surface area contributed by atoms with E-state index in [1.807, 2.05) is 6.07 Å². The van der Waals surface area contributed by atoms with Crippen LogP contribution in [0.4, 0.5) is 4.39 Å². The van der Waals surface area contributed by atoms with Gasteiger partial charge in [-0.1, -0.05) is 34.1 Å². The third kappa shape index (κ3) is 3.76. The molecule has 3 rings (SSSR count). The Bertz CT molecular complexity index is 750. The Balaban J connectivity index is 1.79. The third-order valence-corrected chi connectivity index (χ3v) is 3.97. The van der Waals surface area contributed by atoms with E-state index in [0.717, 1.165) is 4.47 Å². The number of carbonyl (C=O) groups excluding carboxylic acids is 1. The van der Waals surface area contributed by atoms with Gasteiger partial charge in [-0.15, -0.1) is 0 Å². The van der Waals surface area contributed by atoms with E-state index in [9.17, 15) is 9.18 Å². The minimum atomic E-state index is -0.382. The van der Waals surface area contributed by atoms with Crippen LogP contribution in [0, 0.1) is 5.82 Å². The first-order chi connectivity index (χ1) is 11.1. The van der Waals surface area contributed by atoms with Crippen LogP contribution >= 0.6 is 15.9 Å². The van der Waals surface area contributed by atoms with Crippen LogP contribution in [-0.2, 0) is 4.74 Å². The molecule has 23 heavy (non-hydrogen) atoms. The van der Waals surface area contributed by atoms with Crippen molar-refractivity contribution >= 4 is 27.9 Å². The second-order valence-corrected chi connectivity index (χ2v) is 5.99. The minimum absolute atomic E-state index is 0.120. The van der Waals surface area contributed by atoms with Gasteiger partial charge in [0.1, 0.15) is 5.82 Å². The van der Waals surface area contributed by atoms with Crippen molar-refractivity contribution in [2.75, 3.05) is 6.61 Å². The van der Waals surface area contributed by atoms with Crippen LogP contribution in [0.15, 0.2) is 58.0 Å². The summed E-state index contributed by atoms with van der Waals surface area (Å²) in [6.07, 6.45) is 0.554. The summed E-state index contributed by atoms with van der Waals surface area (Å²) in [4.78, 5) is 16.4. The Morgan fingerprint density at radius 1 is 1.26 bits per heavy atom. The van der Waals surface area contributed by atoms with Crippen molar-refractivity contribution in [3.8, 4) is 0 Å². The number of hydrogen-bond acceptors (Lipinski definition) is 3. The molecule has 1 aliphatic heterocycles. The number of nitrogens with one attached hydrogen (secondary N) is 1. The summed E-state index contributed by atoms with van der Waals surface area (Å²) < 4.78 is 20.1. The zero-order valence-electron chi connectivity index (χ0n) is 12.1. The maximum absolute atomic E-state index is 14.0. The Kier molecular flexibility index (Phi) is 4.71. The SMILES string of the molecule is O=C(NC1=NC(c2cc(Br)ccc2F)CCO1)c1ccccc1. The molecular formula is C17H14BrFN2O2. The number of benzene rings is 2. The predicted octanol–water partition coefficient (Wildman–Crippen LogP) is 3.84. The van der Waals surface area contributed by atoms with Crippen LogP contribution in [-0.4, -0.2) is 18.5 Å². The smallest absolute Gasteiger partial charge is 0.292 e. The number of aliphatic imine (C=N–C) groups is 1. The van der Waals surface area contributed by atoms with Crippen molar-refractivity contribution in [2.45, 2.75) is 12.5 Å². The van der Waals surface area contributed by atoms with E-state index in [-0.39, 0.29) is 23.8 Å². The van der Waals surface area contributed by atoms with Crippen molar-refractivity contribution < 1.29 is 13.9 Å². The maximum atomic E-state index is 14.0. The molecule has 1 atom stereocenters. The summed E-state index contributed by atoms with van der Waals surface area (Å²) in [6.45, 7) is 0.366. The van der Waals surface area contributed by atoms with Crippen LogP contribution in [0.25, 0.3) is 0 Å². The molecule has 1 amide bonds. The van der Waals surface area contributed by atoms with Crippen molar-refractivity contribution in [1.29, 1.82) is 0 Å². The number of rotatable bonds is 2. The molecule has 6 heteroatoms. The molecule has 2 aromatic carbocycles. The zero-order valence-corrected chi connectivity index (χ0v) is 13.7. The highest BCUT2D eigenvalue weighted by atomic mass is 79.9. The normalized spacial score (nSPS) is 17.1. The Labute approximate surface area is 141 Å². The average Bonchev–Trinajstić information content (AvgIpc) is 2.58. The summed E-state index contributed by atoms with van der Waals surface area (Å²) in [5.41, 5.74) is 0.990. The van der Waals surface area contributed by atoms with Gasteiger partial charge in [-0.2, -0.15) is 0 Å². The lowest BCUT2D eigenvalue weighted by molar-refractivity contribution is 0.0962. The predicted molar refractivity (Wildman–Crippen MR) is 88.8 cm³/mol. The largest absolute Gasteiger partial charge is 0.465 e. The first kappa shape index (κ1) is 15.7. The monoisotopic (exact) mass is 376 g/mol. The molecule has 2 aromatic rings. The average molecular weight is 377 g/mol. The molecule has 0 bridgehead atoms. The van der Waals surface area contributed by atoms with Gasteiger partial charge in [-0.25, -0.2) is 9.38 Å². The fraction of sp³-hybridized carbons (Fsp3) is 0.176. The highest BCUT2D eigenvalue weighted by Crippen LogP contribution is 2.29. The molecular weight excluding hydrogens is 363 g/mol. The van der Waals surface area contributed by atoms with Gasteiger partial charge in [0.05, 0.1) is 12.6 Å². The molecule has 4 nitrogen and oxygen atoms in total. The van der Waals surface area contributed by atoms with Gasteiger partial charge < -0.3 is 4.74 Å². The summed E-state index contributed by atoms with van der Waals surface area (Å²) in [5, 5.41) is 2.62. The van der Waals surface area contributed by atoms with E-state index in [0.29, 0.717) is 24.2 Å². The van der Waals surface area contributed by atoms with Crippen molar-refractivity contribution in [3.63, 3.8) is 0 Å². The van der Waals surface area contributed by atoms with Gasteiger partial charge in [-0.3, -0.25) is 10.1 Å². The van der Waals surface area contributed by atoms with Crippen LogP contribution in [0.3, 0.4) is 0 Å². The minimum Gasteiger partial charge on any atom is -0.465 e. The van der Waals surface area contributed by atoms with Gasteiger partial charge >= 0.3 is 0 Å². The van der Waals surface area contributed by atoms with Crippen molar-refractivity contribution in [3.05, 3.63) is 69.9 Å². The lowest BCUT2D eigenvalue weighted by Gasteiger charge is -2.22. The Morgan fingerprint density at radius 3 is 2.83 bits per heavy atom. The number of amides is 1. The van der Waals surface area contributed by atoms with Gasteiger partial charge in [0.2, 0.25) is 0 Å². The fourth-order valence-electron chi connectivity index (χ4n) is 2.33. The highest BCUT2D eigenvalue weighted by molar-refractivity contribution is 9.10. The van der Waals surface area contributed by atoms with Crippen LogP contribution in [0.2, 0.25) is 0 Å². The van der Waals surface area contributed by atoms with Gasteiger partial charge in [0.15, 0.2) is 0 Å². The Morgan fingerprint density at radius 2 is 2.04 bits per heavy atom. The number of amidine groups is 1. The zero-order chi connectivity index (χ0) is 16.2. The molecule has 0 spiro atoms. The lowest BCUT2D eigenvalue weighted by atomic mass is 10.0. The molecule has 0 saturated heterocycles. The first-order valence-corrected chi connectivity index (χ1v) is 7.95. The third-order valence-electron chi connectivity index (χ3n) is 3.48. The van der Waals surface area contributed by atoms with Gasteiger partial charge in [-0.05, 0) is 30.3 Å². The van der Waals surface area contributed by atoms with Crippen LogP contribution < -0.4 is 5.32 Å². The second kappa shape index (κ2) is 6.91. The molecule has 1 aliphatic rings. The molecule has 1 N–H and O–H groups in total. The first-order valence-electron chi connectivity index (χ1n) is 7.15. The van der Waals surface area contributed by atoms with Gasteiger partial charge in [0.25, 0.3) is 11.9 Å². The van der Waals surface area contributed by atoms with Crippen molar-refractivity contribution in [2.24, 2.45) is 4.99 Å². The summed E-state index contributed by atoms with van der Waals surface area (Å²) >= 11 is 3.33. The number of halogens is 2. The number of carbonyl (C=O) groups is 1. The molecule has 0 radical (unpaired) electrons. The highest BCUT2D eigenvalue weighted by Gasteiger charge is 2.22. The van der Waals surface area contributed by atoms with E-state index in [1.165, 1.54) is 6.07 Å². The number of hydrogen-bond donors (Lipinski definition) is 1. The van der Waals surface area contributed by atoms with Crippen LogP contribution in [0.1, 0.15) is 28.4 Å². The summed E-state index contributed by atoms with van der Waals surface area (Å²) in [6, 6.07) is 13.3. The van der Waals surface area contributed by atoms with Crippen LogP contribution in [0.5, 0.6) is 0 Å². The standard InChI is InChI=1S/C17H14BrFN2O2/c18-12-6-7-14(19)13(10-12)15-8-9-23-17(20-15)21-16(22)11-4-2-1-3-5-11/h1-7,10,15H,8-9H2,(H,20,21,22). The Hall–Kier alpha value is -2.21. The van der Waals surface area contributed by atoms with E-state index in [4.69, 9.17) is 4.74 Å². The topological polar surface area (TPSA) is 50.7 Å². The van der Waals surface area contributed by atoms with E-state index in [2.05, 4.69) is 26.2 Å². The fourth-order valence-corrected chi connectivity index (χ4v) is 2.71. The van der Waals surface area contributed by atoms with E-state index in [1.54, 1.807) is 36.4 Å². The number of ether oxygens (including phenoxy) is 1. The molecule has 0 aromatic heterocycles. The molecule has 0 saturated carbocycles. The second-order valence-electron chi connectivity index (χ2n) is 5.07. The summed E-state index contributed by atoms with van der Waals surface area (Å²) in [5.74, 6) is -0.627. The maximum Gasteiger partial charge on any atom is 0.292 e. The lowest BCUT2D eigenvalue weighted by Crippen LogP contribution is -2.35. The van der Waals surface area contributed by atoms with Gasteiger partial charge in [0, 0.05) is 22.0 Å². The summed E-state index contributed by atoms with van der Waals surface area (Å²) in [7, 11) is 0. The van der Waals surface area contributed by atoms with E-state index >= 15 is 0 Å². The quantitative estimate of drug-likeness (QED) is 0.865. The molecule has 1 unspecified atom stereocenters. The molecule has 118 valence electrons. The number of nitrogens with zero attached hydrogens (tertiary/aromatic N) is 1. The van der Waals surface area contributed by atoms with Crippen molar-refractivity contribution in [1.82, 2.24) is 5.32 Å². The molecule has 0 aliphatic carbocycles. The molecule has 1 heterocycles.